The summed E-state index contributed by atoms with van der Waals surface area (Å²) in [6, 6.07) is 4.55. The number of hydrogen-bond acceptors (Lipinski definition) is 5. The Morgan fingerprint density at radius 2 is 1.62 bits per heavy atom. The molecule has 0 heterocycles. The Labute approximate surface area is 204 Å². The van der Waals surface area contributed by atoms with Crippen molar-refractivity contribution in [2.45, 2.75) is 91.8 Å². The maximum atomic E-state index is 13.8. The lowest BCUT2D eigenvalue weighted by Crippen LogP contribution is -2.55. The van der Waals surface area contributed by atoms with E-state index in [0.717, 1.165) is 19.3 Å². The Morgan fingerprint density at radius 1 is 1.03 bits per heavy atom. The zero-order valence-corrected chi connectivity index (χ0v) is 21.8. The Morgan fingerprint density at radius 3 is 2.12 bits per heavy atom. The predicted octanol–water partition coefficient (Wildman–Crippen LogP) is 4.53. The van der Waals surface area contributed by atoms with Crippen LogP contribution >= 0.6 is 0 Å². The van der Waals surface area contributed by atoms with Gasteiger partial charge in [0.2, 0.25) is 11.8 Å². The molecule has 0 fully saturated rings. The van der Waals surface area contributed by atoms with E-state index in [0.29, 0.717) is 25.1 Å². The number of alkyl carbamates (subject to hydrolysis) is 1. The minimum absolute atomic E-state index is 0.0759. The highest BCUT2D eigenvalue weighted by molar-refractivity contribution is 5.92. The molecule has 0 spiro atoms. The minimum atomic E-state index is -0.891. The maximum absolute atomic E-state index is 13.8. The first kappa shape index (κ1) is 29.3. The lowest BCUT2D eigenvalue weighted by Gasteiger charge is -2.35. The molecule has 3 amide bonds. The second-order valence-electron chi connectivity index (χ2n) is 9.89. The summed E-state index contributed by atoms with van der Waals surface area (Å²) in [5.41, 5.74) is -0.111. The van der Waals surface area contributed by atoms with Gasteiger partial charge >= 0.3 is 6.09 Å². The second-order valence-corrected chi connectivity index (χ2v) is 9.89. The lowest BCUT2D eigenvalue weighted by atomic mass is 9.98. The number of phenolic OH excluding ortho intramolecular Hbond substituents is 1. The molecule has 34 heavy (non-hydrogen) atoms. The van der Waals surface area contributed by atoms with Crippen LogP contribution in [0.1, 0.15) is 85.8 Å². The van der Waals surface area contributed by atoms with Crippen molar-refractivity contribution in [3.8, 4) is 5.75 Å². The number of amides is 3. The van der Waals surface area contributed by atoms with Crippen molar-refractivity contribution in [2.75, 3.05) is 13.1 Å². The van der Waals surface area contributed by atoms with Crippen LogP contribution in [0.4, 0.5) is 4.79 Å². The number of aromatic hydroxyl groups is 1. The number of benzene rings is 1. The molecular weight excluding hydrogens is 434 g/mol. The van der Waals surface area contributed by atoms with Gasteiger partial charge in [0.15, 0.2) is 0 Å². The van der Waals surface area contributed by atoms with Gasteiger partial charge < -0.3 is 25.4 Å². The molecule has 2 atom stereocenters. The van der Waals surface area contributed by atoms with E-state index in [-0.39, 0.29) is 23.5 Å². The highest BCUT2D eigenvalue weighted by Gasteiger charge is 2.37. The average molecular weight is 478 g/mol. The van der Waals surface area contributed by atoms with Crippen LogP contribution in [0.5, 0.6) is 5.75 Å². The van der Waals surface area contributed by atoms with E-state index >= 15 is 0 Å². The van der Waals surface area contributed by atoms with Crippen LogP contribution in [-0.4, -0.2) is 52.6 Å². The van der Waals surface area contributed by atoms with E-state index < -0.39 is 23.8 Å². The van der Waals surface area contributed by atoms with Crippen LogP contribution in [0.25, 0.3) is 0 Å². The van der Waals surface area contributed by atoms with Crippen LogP contribution < -0.4 is 10.6 Å². The molecule has 0 saturated heterocycles. The standard InChI is InChI=1S/C26H43N3O5/c1-8-10-16-27-23(31)22(19-12-14-20(30)15-13-19)29(17-11-9-2)24(32)21(18(3)4)28-25(33)34-26(5,6)7/h12-15,18,21-22,30H,8-11,16-17H2,1-7H3,(H,27,31)(H,28,33). The summed E-state index contributed by atoms with van der Waals surface area (Å²) in [5.74, 6) is -0.791. The molecule has 8 heteroatoms. The molecule has 0 aliphatic heterocycles. The van der Waals surface area contributed by atoms with Crippen LogP contribution in [-0.2, 0) is 14.3 Å². The van der Waals surface area contributed by atoms with Crippen molar-refractivity contribution in [1.29, 1.82) is 0 Å². The SMILES string of the molecule is CCCCNC(=O)C(c1ccc(O)cc1)N(CCCC)C(=O)C(NC(=O)OC(C)(C)C)C(C)C. The smallest absolute Gasteiger partial charge is 0.408 e. The number of ether oxygens (including phenoxy) is 1. The Balaban J connectivity index is 3.36. The Hall–Kier alpha value is -2.77. The topological polar surface area (TPSA) is 108 Å². The van der Waals surface area contributed by atoms with Crippen molar-refractivity contribution in [2.24, 2.45) is 5.92 Å². The number of unbranched alkanes of at least 4 members (excludes halogenated alkanes) is 2. The summed E-state index contributed by atoms with van der Waals surface area (Å²) < 4.78 is 5.37. The zero-order chi connectivity index (χ0) is 25.9. The van der Waals surface area contributed by atoms with E-state index in [9.17, 15) is 19.5 Å². The molecule has 0 bridgehead atoms. The number of rotatable bonds is 12. The first-order valence-electron chi connectivity index (χ1n) is 12.3. The predicted molar refractivity (Wildman–Crippen MR) is 133 cm³/mol. The molecule has 0 aliphatic rings. The van der Waals surface area contributed by atoms with Gasteiger partial charge in [0.05, 0.1) is 0 Å². The molecular formula is C26H43N3O5. The van der Waals surface area contributed by atoms with Crippen molar-refractivity contribution >= 4 is 17.9 Å². The fourth-order valence-electron chi connectivity index (χ4n) is 3.44. The highest BCUT2D eigenvalue weighted by atomic mass is 16.6. The van der Waals surface area contributed by atoms with E-state index in [1.807, 2.05) is 27.7 Å². The molecule has 2 unspecified atom stereocenters. The number of carbonyl (C=O) groups excluding carboxylic acids is 3. The summed E-state index contributed by atoms with van der Waals surface area (Å²) in [5, 5.41) is 15.4. The molecule has 0 radical (unpaired) electrons. The summed E-state index contributed by atoms with van der Waals surface area (Å²) in [6.45, 7) is 13.9. The van der Waals surface area contributed by atoms with E-state index in [4.69, 9.17) is 4.74 Å². The lowest BCUT2D eigenvalue weighted by molar-refractivity contribution is -0.143. The van der Waals surface area contributed by atoms with Gasteiger partial charge in [-0.2, -0.15) is 0 Å². The summed E-state index contributed by atoms with van der Waals surface area (Å²) >= 11 is 0. The molecule has 1 rings (SSSR count). The molecule has 0 saturated carbocycles. The Bertz CT molecular complexity index is 787. The van der Waals surface area contributed by atoms with Crippen molar-refractivity contribution < 1.29 is 24.2 Å². The third-order valence-electron chi connectivity index (χ3n) is 5.24. The van der Waals surface area contributed by atoms with Gasteiger partial charge in [-0.25, -0.2) is 4.79 Å². The fourth-order valence-corrected chi connectivity index (χ4v) is 3.44. The average Bonchev–Trinajstić information content (AvgIpc) is 2.74. The minimum Gasteiger partial charge on any atom is -0.508 e. The van der Waals surface area contributed by atoms with Crippen molar-refractivity contribution in [3.63, 3.8) is 0 Å². The first-order valence-corrected chi connectivity index (χ1v) is 12.3. The number of carbonyl (C=O) groups is 3. The van der Waals surface area contributed by atoms with Gasteiger partial charge in [-0.15, -0.1) is 0 Å². The monoisotopic (exact) mass is 477 g/mol. The highest BCUT2D eigenvalue weighted by Crippen LogP contribution is 2.26. The fraction of sp³-hybridized carbons (Fsp3) is 0.654. The summed E-state index contributed by atoms with van der Waals surface area (Å²) in [4.78, 5) is 41.2. The maximum Gasteiger partial charge on any atom is 0.408 e. The zero-order valence-electron chi connectivity index (χ0n) is 21.8. The number of nitrogens with one attached hydrogen (secondary N) is 2. The van der Waals surface area contributed by atoms with Crippen molar-refractivity contribution in [3.05, 3.63) is 29.8 Å². The van der Waals surface area contributed by atoms with Crippen LogP contribution in [0, 0.1) is 5.92 Å². The first-order chi connectivity index (χ1) is 15.9. The molecule has 192 valence electrons. The van der Waals surface area contributed by atoms with Crippen LogP contribution in [0.15, 0.2) is 24.3 Å². The second kappa shape index (κ2) is 13.8. The molecule has 8 nitrogen and oxygen atoms in total. The van der Waals surface area contributed by atoms with Crippen LogP contribution in [0.2, 0.25) is 0 Å². The van der Waals surface area contributed by atoms with Gasteiger partial charge in [-0.3, -0.25) is 9.59 Å². The molecule has 0 aliphatic carbocycles. The Kier molecular flexibility index (Phi) is 11.9. The third-order valence-corrected chi connectivity index (χ3v) is 5.24. The number of nitrogens with zero attached hydrogens (tertiary/aromatic N) is 1. The third kappa shape index (κ3) is 9.61. The molecule has 0 aromatic heterocycles. The largest absolute Gasteiger partial charge is 0.508 e. The van der Waals surface area contributed by atoms with Gasteiger partial charge in [0.25, 0.3) is 0 Å². The van der Waals surface area contributed by atoms with E-state index in [2.05, 4.69) is 10.6 Å². The summed E-state index contributed by atoms with van der Waals surface area (Å²) in [6.07, 6.45) is 2.60. The quantitative estimate of drug-likeness (QED) is 0.383. The van der Waals surface area contributed by atoms with Gasteiger partial charge in [-0.05, 0) is 57.2 Å². The molecule has 3 N–H and O–H groups in total. The van der Waals surface area contributed by atoms with Crippen molar-refractivity contribution in [1.82, 2.24) is 15.5 Å². The van der Waals surface area contributed by atoms with Gasteiger partial charge in [0, 0.05) is 13.1 Å². The van der Waals surface area contributed by atoms with E-state index in [1.165, 1.54) is 12.1 Å². The van der Waals surface area contributed by atoms with Gasteiger partial charge in [-0.1, -0.05) is 52.7 Å². The normalized spacial score (nSPS) is 13.2. The number of hydrogen-bond donors (Lipinski definition) is 3. The molecule has 1 aromatic carbocycles. The summed E-state index contributed by atoms with van der Waals surface area (Å²) in [7, 11) is 0. The van der Waals surface area contributed by atoms with Gasteiger partial charge in [0.1, 0.15) is 23.4 Å². The van der Waals surface area contributed by atoms with E-state index in [1.54, 1.807) is 37.8 Å². The van der Waals surface area contributed by atoms with Crippen LogP contribution in [0.3, 0.4) is 0 Å². The number of phenols is 1. The molecule has 1 aromatic rings.